The van der Waals surface area contributed by atoms with Gasteiger partial charge in [0.2, 0.25) is 0 Å². The van der Waals surface area contributed by atoms with Crippen molar-refractivity contribution in [2.24, 2.45) is 0 Å². The third kappa shape index (κ3) is 5.40. The number of nitrogens with one attached hydrogen (secondary N) is 1. The van der Waals surface area contributed by atoms with Crippen LogP contribution in [0.25, 0.3) is 0 Å². The molecule has 2 atom stereocenters. The molecule has 2 aromatic carbocycles. The Kier molecular flexibility index (Phi) is 7.86. The molecule has 2 aromatic rings. The lowest BCUT2D eigenvalue weighted by Gasteiger charge is -2.22. The van der Waals surface area contributed by atoms with Gasteiger partial charge in [0.1, 0.15) is 6.04 Å². The molecule has 0 aliphatic rings. The van der Waals surface area contributed by atoms with Gasteiger partial charge in [-0.1, -0.05) is 47.5 Å². The molecule has 23 heavy (non-hydrogen) atoms. The molecule has 3 nitrogen and oxygen atoms in total. The minimum Gasteiger partial charge on any atom is -0.468 e. The van der Waals surface area contributed by atoms with Gasteiger partial charge in [-0.05, 0) is 42.3 Å². The number of benzene rings is 2. The molecule has 0 aliphatic carbocycles. The van der Waals surface area contributed by atoms with E-state index in [-0.39, 0.29) is 24.4 Å². The van der Waals surface area contributed by atoms with E-state index >= 15 is 0 Å². The first kappa shape index (κ1) is 19.8. The fourth-order valence-corrected chi connectivity index (χ4v) is 2.42. The molecule has 0 fully saturated rings. The number of halogens is 3. The minimum atomic E-state index is -0.562. The predicted octanol–water partition coefficient (Wildman–Crippen LogP) is 4.98. The maximum absolute atomic E-state index is 12.1. The number of rotatable bonds is 5. The largest absolute Gasteiger partial charge is 0.468 e. The number of ether oxygens (including phenoxy) is 1. The molecule has 6 heteroatoms. The molecule has 0 saturated heterocycles. The zero-order valence-corrected chi connectivity index (χ0v) is 15.1. The van der Waals surface area contributed by atoms with E-state index in [1.54, 1.807) is 12.1 Å². The molecule has 124 valence electrons. The molecule has 0 bridgehead atoms. The topological polar surface area (TPSA) is 38.3 Å². The van der Waals surface area contributed by atoms with E-state index in [4.69, 9.17) is 27.9 Å². The van der Waals surface area contributed by atoms with Crippen LogP contribution in [-0.2, 0) is 9.53 Å². The van der Waals surface area contributed by atoms with Crippen molar-refractivity contribution >= 4 is 41.6 Å². The Hall–Kier alpha value is -1.26. The summed E-state index contributed by atoms with van der Waals surface area (Å²) >= 11 is 11.8. The van der Waals surface area contributed by atoms with Crippen LogP contribution in [0.2, 0.25) is 10.0 Å². The van der Waals surface area contributed by atoms with Crippen molar-refractivity contribution in [3.63, 3.8) is 0 Å². The van der Waals surface area contributed by atoms with E-state index in [1.165, 1.54) is 7.11 Å². The van der Waals surface area contributed by atoms with Gasteiger partial charge in [-0.2, -0.15) is 0 Å². The third-order valence-electron chi connectivity index (χ3n) is 3.43. The standard InChI is InChI=1S/C17H17Cl2NO2.ClH/c1-11(12-3-7-14(18)8-4-12)20-16(17(21)22-2)13-5-9-15(19)10-6-13;/h3-11,16,20H,1-2H3;1H. The van der Waals surface area contributed by atoms with Crippen molar-refractivity contribution in [3.8, 4) is 0 Å². The van der Waals surface area contributed by atoms with Crippen LogP contribution in [0.4, 0.5) is 0 Å². The van der Waals surface area contributed by atoms with E-state index in [0.717, 1.165) is 11.1 Å². The Morgan fingerprint density at radius 1 is 0.957 bits per heavy atom. The quantitative estimate of drug-likeness (QED) is 0.750. The average Bonchev–Trinajstić information content (AvgIpc) is 2.53. The highest BCUT2D eigenvalue weighted by atomic mass is 35.5. The second-order valence-electron chi connectivity index (χ2n) is 4.95. The summed E-state index contributed by atoms with van der Waals surface area (Å²) in [6.07, 6.45) is 0. The minimum absolute atomic E-state index is 0. The Balaban J connectivity index is 0.00000264. The number of hydrogen-bond acceptors (Lipinski definition) is 3. The molecule has 0 heterocycles. The molecule has 0 spiro atoms. The van der Waals surface area contributed by atoms with Crippen LogP contribution < -0.4 is 5.32 Å². The van der Waals surface area contributed by atoms with Crippen LogP contribution in [0.1, 0.15) is 30.1 Å². The van der Waals surface area contributed by atoms with E-state index in [2.05, 4.69) is 5.32 Å². The molecule has 2 rings (SSSR count). The second kappa shape index (κ2) is 9.14. The number of hydrogen-bond donors (Lipinski definition) is 1. The maximum atomic E-state index is 12.1. The number of methoxy groups -OCH3 is 1. The monoisotopic (exact) mass is 373 g/mol. The van der Waals surface area contributed by atoms with Gasteiger partial charge in [0, 0.05) is 16.1 Å². The summed E-state index contributed by atoms with van der Waals surface area (Å²) in [4.78, 5) is 12.1. The van der Waals surface area contributed by atoms with Gasteiger partial charge in [0.15, 0.2) is 0 Å². The van der Waals surface area contributed by atoms with Crippen molar-refractivity contribution in [1.82, 2.24) is 5.32 Å². The van der Waals surface area contributed by atoms with E-state index < -0.39 is 6.04 Å². The average molecular weight is 375 g/mol. The molecular formula is C17H18Cl3NO2. The number of carbonyl (C=O) groups excluding carboxylic acids is 1. The Morgan fingerprint density at radius 2 is 1.39 bits per heavy atom. The first-order valence-corrected chi connectivity index (χ1v) is 7.61. The van der Waals surface area contributed by atoms with Gasteiger partial charge in [-0.3, -0.25) is 5.32 Å². The van der Waals surface area contributed by atoms with Gasteiger partial charge in [-0.25, -0.2) is 4.79 Å². The van der Waals surface area contributed by atoms with Crippen LogP contribution in [0.5, 0.6) is 0 Å². The maximum Gasteiger partial charge on any atom is 0.327 e. The van der Waals surface area contributed by atoms with Crippen LogP contribution in [0, 0.1) is 0 Å². The Labute approximate surface area is 152 Å². The first-order valence-electron chi connectivity index (χ1n) is 6.86. The predicted molar refractivity (Wildman–Crippen MR) is 96.5 cm³/mol. The van der Waals surface area contributed by atoms with Crippen molar-refractivity contribution < 1.29 is 9.53 Å². The van der Waals surface area contributed by atoms with Gasteiger partial charge in [-0.15, -0.1) is 12.4 Å². The summed E-state index contributed by atoms with van der Waals surface area (Å²) in [5.41, 5.74) is 1.84. The molecule has 1 N–H and O–H groups in total. The summed E-state index contributed by atoms with van der Waals surface area (Å²) in [7, 11) is 1.37. The SMILES string of the molecule is COC(=O)C(NC(C)c1ccc(Cl)cc1)c1ccc(Cl)cc1.Cl. The normalized spacial score (nSPS) is 12.9. The lowest BCUT2D eigenvalue weighted by Crippen LogP contribution is -2.31. The summed E-state index contributed by atoms with van der Waals surface area (Å²) in [5, 5.41) is 4.58. The van der Waals surface area contributed by atoms with Gasteiger partial charge >= 0.3 is 5.97 Å². The Morgan fingerprint density at radius 3 is 1.83 bits per heavy atom. The highest BCUT2D eigenvalue weighted by Gasteiger charge is 2.23. The summed E-state index contributed by atoms with van der Waals surface area (Å²) in [6.45, 7) is 1.98. The Bertz CT molecular complexity index is 629. The molecule has 2 unspecified atom stereocenters. The fraction of sp³-hybridized carbons (Fsp3) is 0.235. The van der Waals surface area contributed by atoms with Crippen LogP contribution in [-0.4, -0.2) is 13.1 Å². The first-order chi connectivity index (χ1) is 10.5. The van der Waals surface area contributed by atoms with Gasteiger partial charge in [0.05, 0.1) is 7.11 Å². The van der Waals surface area contributed by atoms with E-state index in [0.29, 0.717) is 10.0 Å². The van der Waals surface area contributed by atoms with Crippen molar-refractivity contribution in [2.45, 2.75) is 19.0 Å². The summed E-state index contributed by atoms with van der Waals surface area (Å²) < 4.78 is 4.90. The lowest BCUT2D eigenvalue weighted by molar-refractivity contribution is -0.143. The molecule has 0 aromatic heterocycles. The highest BCUT2D eigenvalue weighted by Crippen LogP contribution is 2.23. The van der Waals surface area contributed by atoms with Crippen molar-refractivity contribution in [3.05, 3.63) is 69.7 Å². The highest BCUT2D eigenvalue weighted by molar-refractivity contribution is 6.30. The zero-order valence-electron chi connectivity index (χ0n) is 12.8. The molecule has 0 saturated carbocycles. The number of esters is 1. The molecule has 0 amide bonds. The van der Waals surface area contributed by atoms with Gasteiger partial charge in [0.25, 0.3) is 0 Å². The third-order valence-corrected chi connectivity index (χ3v) is 3.93. The van der Waals surface area contributed by atoms with Crippen molar-refractivity contribution in [1.29, 1.82) is 0 Å². The second-order valence-corrected chi connectivity index (χ2v) is 5.82. The molecule has 0 radical (unpaired) electrons. The smallest absolute Gasteiger partial charge is 0.327 e. The van der Waals surface area contributed by atoms with Crippen molar-refractivity contribution in [2.75, 3.05) is 7.11 Å². The fourth-order valence-electron chi connectivity index (χ4n) is 2.17. The molecule has 0 aliphatic heterocycles. The number of carbonyl (C=O) groups is 1. The summed E-state index contributed by atoms with van der Waals surface area (Å²) in [5.74, 6) is -0.344. The summed E-state index contributed by atoms with van der Waals surface area (Å²) in [6, 6.07) is 14.0. The van der Waals surface area contributed by atoms with Crippen LogP contribution in [0.15, 0.2) is 48.5 Å². The van der Waals surface area contributed by atoms with Crippen LogP contribution in [0.3, 0.4) is 0 Å². The molecular weight excluding hydrogens is 357 g/mol. The van der Waals surface area contributed by atoms with E-state index in [1.807, 2.05) is 43.3 Å². The van der Waals surface area contributed by atoms with Crippen LogP contribution >= 0.6 is 35.6 Å². The lowest BCUT2D eigenvalue weighted by atomic mass is 10.0. The van der Waals surface area contributed by atoms with E-state index in [9.17, 15) is 4.79 Å². The van der Waals surface area contributed by atoms with Gasteiger partial charge < -0.3 is 4.74 Å². The zero-order chi connectivity index (χ0) is 16.1.